The van der Waals surface area contributed by atoms with Crippen LogP contribution in [0.3, 0.4) is 0 Å². The lowest BCUT2D eigenvalue weighted by Gasteiger charge is -2.08. The first-order valence-corrected chi connectivity index (χ1v) is 8.32. The Balaban J connectivity index is 1.65. The number of carbonyl (C=O) groups excluding carboxylic acids is 2. The Kier molecular flexibility index (Phi) is 4.85. The van der Waals surface area contributed by atoms with E-state index in [1.54, 1.807) is 36.4 Å². The van der Waals surface area contributed by atoms with E-state index in [-0.39, 0.29) is 17.4 Å². The summed E-state index contributed by atoms with van der Waals surface area (Å²) in [5.74, 6) is 6.46. The third kappa shape index (κ3) is 3.72. The van der Waals surface area contributed by atoms with Crippen LogP contribution in [0.2, 0.25) is 0 Å². The zero-order valence-electron chi connectivity index (χ0n) is 13.3. The van der Waals surface area contributed by atoms with Gasteiger partial charge in [-0.1, -0.05) is 23.9 Å². The molecule has 2 aromatic heterocycles. The molecule has 0 unspecified atom stereocenters. The molecule has 9 heteroatoms. The fourth-order valence-corrected chi connectivity index (χ4v) is 2.82. The molecule has 0 aliphatic rings. The highest BCUT2D eigenvalue weighted by molar-refractivity contribution is 7.99. The smallest absolute Gasteiger partial charge is 0.234 e. The van der Waals surface area contributed by atoms with Crippen LogP contribution in [0.15, 0.2) is 52.2 Å². The van der Waals surface area contributed by atoms with E-state index in [0.717, 1.165) is 11.8 Å². The number of nitrogen functional groups attached to an aromatic ring is 1. The first-order valence-electron chi connectivity index (χ1n) is 7.33. The van der Waals surface area contributed by atoms with Crippen molar-refractivity contribution in [3.8, 4) is 11.6 Å². The van der Waals surface area contributed by atoms with Gasteiger partial charge in [-0.25, -0.2) is 4.68 Å². The molecule has 0 radical (unpaired) electrons. The Bertz CT molecular complexity index is 904. The van der Waals surface area contributed by atoms with Crippen molar-refractivity contribution in [3.63, 3.8) is 0 Å². The Labute approximate surface area is 147 Å². The fourth-order valence-electron chi connectivity index (χ4n) is 2.16. The Morgan fingerprint density at radius 3 is 2.76 bits per heavy atom. The van der Waals surface area contributed by atoms with Gasteiger partial charge in [0.2, 0.25) is 16.9 Å². The maximum absolute atomic E-state index is 12.1. The van der Waals surface area contributed by atoms with Gasteiger partial charge in [0.05, 0.1) is 17.7 Å². The second kappa shape index (κ2) is 7.22. The van der Waals surface area contributed by atoms with Crippen molar-refractivity contribution in [1.82, 2.24) is 14.9 Å². The van der Waals surface area contributed by atoms with Crippen LogP contribution >= 0.6 is 11.8 Å². The minimum atomic E-state index is -0.277. The van der Waals surface area contributed by atoms with Crippen molar-refractivity contribution in [2.45, 2.75) is 12.1 Å². The lowest BCUT2D eigenvalue weighted by molar-refractivity contribution is -0.113. The second-order valence-corrected chi connectivity index (χ2v) is 6.03. The third-order valence-corrected chi connectivity index (χ3v) is 4.26. The molecular formula is C16H15N5O3S. The number of aromatic nitrogens is 3. The van der Waals surface area contributed by atoms with E-state index in [1.807, 2.05) is 0 Å². The monoisotopic (exact) mass is 357 g/mol. The van der Waals surface area contributed by atoms with Crippen LogP contribution in [0.4, 0.5) is 5.69 Å². The summed E-state index contributed by atoms with van der Waals surface area (Å²) in [5, 5.41) is 11.0. The maximum atomic E-state index is 12.1. The van der Waals surface area contributed by atoms with Crippen LogP contribution in [0.5, 0.6) is 0 Å². The summed E-state index contributed by atoms with van der Waals surface area (Å²) < 4.78 is 6.49. The highest BCUT2D eigenvalue weighted by Gasteiger charge is 2.16. The number of nitrogens with two attached hydrogens (primary N) is 1. The van der Waals surface area contributed by atoms with Crippen LogP contribution in [-0.4, -0.2) is 32.3 Å². The zero-order chi connectivity index (χ0) is 17.8. The number of benzene rings is 1. The van der Waals surface area contributed by atoms with Crippen LogP contribution in [0, 0.1) is 0 Å². The van der Waals surface area contributed by atoms with Crippen LogP contribution in [0.1, 0.15) is 17.3 Å². The molecule has 0 bridgehead atoms. The normalized spacial score (nSPS) is 10.6. The second-order valence-electron chi connectivity index (χ2n) is 5.09. The van der Waals surface area contributed by atoms with Gasteiger partial charge < -0.3 is 15.6 Å². The van der Waals surface area contributed by atoms with Crippen molar-refractivity contribution < 1.29 is 14.0 Å². The van der Waals surface area contributed by atoms with Gasteiger partial charge in [0.25, 0.3) is 0 Å². The standard InChI is InChI=1S/C16H15N5O3S/c1-10(22)11-5-2-3-6-12(11)18-14(23)9-25-16-20-19-15(21(16)17)13-7-4-8-24-13/h2-8H,9,17H2,1H3,(H,18,23). The number of Topliss-reactive ketones (excluding diaryl/α,β-unsaturated/α-hetero) is 1. The number of thioether (sulfide) groups is 1. The number of nitrogens with one attached hydrogen (secondary N) is 1. The van der Waals surface area contributed by atoms with Gasteiger partial charge in [0, 0.05) is 5.56 Å². The lowest BCUT2D eigenvalue weighted by atomic mass is 10.1. The van der Waals surface area contributed by atoms with Crippen LogP contribution in [0.25, 0.3) is 11.6 Å². The first kappa shape index (κ1) is 16.8. The third-order valence-electron chi connectivity index (χ3n) is 3.32. The average Bonchev–Trinajstić information content (AvgIpc) is 3.23. The number of rotatable bonds is 6. The number of hydrogen-bond donors (Lipinski definition) is 2. The first-order chi connectivity index (χ1) is 12.1. The summed E-state index contributed by atoms with van der Waals surface area (Å²) in [4.78, 5) is 23.7. The number of nitrogens with zero attached hydrogens (tertiary/aromatic N) is 3. The van der Waals surface area contributed by atoms with Gasteiger partial charge in [-0.05, 0) is 31.2 Å². The number of amides is 1. The van der Waals surface area contributed by atoms with E-state index >= 15 is 0 Å². The summed E-state index contributed by atoms with van der Waals surface area (Å²) in [6, 6.07) is 10.3. The maximum Gasteiger partial charge on any atom is 0.234 e. The quantitative estimate of drug-likeness (QED) is 0.394. The van der Waals surface area contributed by atoms with Gasteiger partial charge in [-0.3, -0.25) is 9.59 Å². The molecular weight excluding hydrogens is 342 g/mol. The molecule has 128 valence electrons. The molecule has 0 aliphatic heterocycles. The summed E-state index contributed by atoms with van der Waals surface area (Å²) in [5.41, 5.74) is 0.939. The van der Waals surface area contributed by atoms with Crippen molar-refractivity contribution in [1.29, 1.82) is 0 Å². The SMILES string of the molecule is CC(=O)c1ccccc1NC(=O)CSc1nnc(-c2ccco2)n1N. The molecule has 3 rings (SSSR count). The van der Waals surface area contributed by atoms with Gasteiger partial charge in [0.1, 0.15) is 0 Å². The number of para-hydroxylation sites is 1. The Hall–Kier alpha value is -3.07. The molecule has 0 spiro atoms. The topological polar surface area (TPSA) is 116 Å². The molecule has 8 nitrogen and oxygen atoms in total. The largest absolute Gasteiger partial charge is 0.461 e. The minimum absolute atomic E-state index is 0.0692. The molecule has 0 fully saturated rings. The van der Waals surface area contributed by atoms with E-state index in [1.165, 1.54) is 17.9 Å². The molecule has 3 aromatic rings. The number of ketones is 1. The molecule has 0 aliphatic carbocycles. The van der Waals surface area contributed by atoms with E-state index < -0.39 is 0 Å². The number of furan rings is 1. The predicted octanol–water partition coefficient (Wildman–Crippen LogP) is 2.19. The highest BCUT2D eigenvalue weighted by atomic mass is 32.2. The highest BCUT2D eigenvalue weighted by Crippen LogP contribution is 2.22. The van der Waals surface area contributed by atoms with Crippen molar-refractivity contribution in [2.75, 3.05) is 16.9 Å². The van der Waals surface area contributed by atoms with Gasteiger partial charge in [0.15, 0.2) is 11.5 Å². The number of anilines is 1. The van der Waals surface area contributed by atoms with Crippen LogP contribution in [-0.2, 0) is 4.79 Å². The molecule has 1 aromatic carbocycles. The number of carbonyl (C=O) groups is 2. The van der Waals surface area contributed by atoms with Crippen molar-refractivity contribution >= 4 is 29.1 Å². The molecule has 25 heavy (non-hydrogen) atoms. The Morgan fingerprint density at radius 2 is 2.04 bits per heavy atom. The molecule has 0 atom stereocenters. The van der Waals surface area contributed by atoms with Crippen LogP contribution < -0.4 is 11.2 Å². The minimum Gasteiger partial charge on any atom is -0.461 e. The van der Waals surface area contributed by atoms with Crippen molar-refractivity contribution in [3.05, 3.63) is 48.2 Å². The fraction of sp³-hybridized carbons (Fsp3) is 0.125. The predicted molar refractivity (Wildman–Crippen MR) is 93.7 cm³/mol. The lowest BCUT2D eigenvalue weighted by Crippen LogP contribution is -2.17. The molecule has 0 saturated heterocycles. The average molecular weight is 357 g/mol. The zero-order valence-corrected chi connectivity index (χ0v) is 14.1. The van der Waals surface area contributed by atoms with Gasteiger partial charge in [-0.15, -0.1) is 10.2 Å². The molecule has 2 heterocycles. The Morgan fingerprint density at radius 1 is 1.24 bits per heavy atom. The van der Waals surface area contributed by atoms with E-state index in [9.17, 15) is 9.59 Å². The van der Waals surface area contributed by atoms with Crippen molar-refractivity contribution in [2.24, 2.45) is 0 Å². The van der Waals surface area contributed by atoms with Gasteiger partial charge >= 0.3 is 0 Å². The summed E-state index contributed by atoms with van der Waals surface area (Å²) in [6.45, 7) is 1.45. The van der Waals surface area contributed by atoms with E-state index in [4.69, 9.17) is 10.3 Å². The summed E-state index contributed by atoms with van der Waals surface area (Å²) in [7, 11) is 0. The molecule has 3 N–H and O–H groups in total. The van der Waals surface area contributed by atoms with Gasteiger partial charge in [-0.2, -0.15) is 0 Å². The number of hydrogen-bond acceptors (Lipinski definition) is 7. The summed E-state index contributed by atoms with van der Waals surface area (Å²) >= 11 is 1.13. The summed E-state index contributed by atoms with van der Waals surface area (Å²) in [6.07, 6.45) is 1.51. The van der Waals surface area contributed by atoms with E-state index in [2.05, 4.69) is 15.5 Å². The molecule has 0 saturated carbocycles. The molecule has 1 amide bonds. The van der Waals surface area contributed by atoms with E-state index in [0.29, 0.717) is 28.0 Å².